The van der Waals surface area contributed by atoms with Crippen LogP contribution in [0.25, 0.3) is 99.0 Å². The van der Waals surface area contributed by atoms with E-state index in [4.69, 9.17) is 14.4 Å². The molecule has 5 nitrogen and oxygen atoms in total. The van der Waals surface area contributed by atoms with Crippen molar-refractivity contribution in [3.05, 3.63) is 146 Å². The first-order valence-corrected chi connectivity index (χ1v) is 15.9. The fourth-order valence-electron chi connectivity index (χ4n) is 7.76. The molecule has 47 heavy (non-hydrogen) atoms. The van der Waals surface area contributed by atoms with Crippen molar-refractivity contribution in [2.75, 3.05) is 0 Å². The van der Waals surface area contributed by atoms with Crippen LogP contribution < -0.4 is 0 Å². The second-order valence-electron chi connectivity index (χ2n) is 12.2. The zero-order valence-corrected chi connectivity index (χ0v) is 25.1. The van der Waals surface area contributed by atoms with Crippen LogP contribution in [0.2, 0.25) is 0 Å². The number of hydrogen-bond acceptors (Lipinski definition) is 3. The van der Waals surface area contributed by atoms with E-state index in [0.717, 1.165) is 49.6 Å². The van der Waals surface area contributed by atoms with Gasteiger partial charge in [-0.15, -0.1) is 0 Å². The fourth-order valence-corrected chi connectivity index (χ4v) is 7.76. The van der Waals surface area contributed by atoms with Gasteiger partial charge < -0.3 is 4.42 Å². The van der Waals surface area contributed by atoms with E-state index in [0.29, 0.717) is 11.7 Å². The molecule has 0 radical (unpaired) electrons. The summed E-state index contributed by atoms with van der Waals surface area (Å²) in [5.41, 5.74) is 5.66. The molecule has 5 heteroatoms. The highest BCUT2D eigenvalue weighted by atomic mass is 16.3. The largest absolute Gasteiger partial charge is 0.437 e. The highest BCUT2D eigenvalue weighted by Crippen LogP contribution is 2.42. The van der Waals surface area contributed by atoms with E-state index in [1.165, 1.54) is 37.7 Å². The maximum Gasteiger partial charge on any atom is 0.240 e. The van der Waals surface area contributed by atoms with E-state index >= 15 is 0 Å². The summed E-state index contributed by atoms with van der Waals surface area (Å²) in [5.74, 6) is 1.36. The van der Waals surface area contributed by atoms with Crippen LogP contribution in [-0.2, 0) is 0 Å². The number of para-hydroxylation sites is 3. The lowest BCUT2D eigenvalue weighted by Gasteiger charge is -2.13. The Bertz CT molecular complexity index is 3030. The van der Waals surface area contributed by atoms with Crippen molar-refractivity contribution in [3.63, 3.8) is 0 Å². The minimum Gasteiger partial charge on any atom is -0.437 e. The van der Waals surface area contributed by atoms with Gasteiger partial charge >= 0.3 is 0 Å². The van der Waals surface area contributed by atoms with Crippen LogP contribution >= 0.6 is 0 Å². The van der Waals surface area contributed by atoms with Crippen molar-refractivity contribution in [3.8, 4) is 11.8 Å². The molecule has 0 N–H and O–H groups in total. The molecule has 0 bridgehead atoms. The summed E-state index contributed by atoms with van der Waals surface area (Å²) < 4.78 is 11.1. The summed E-state index contributed by atoms with van der Waals surface area (Å²) in [5, 5.41) is 11.3. The minimum absolute atomic E-state index is 0.559. The molecule has 0 fully saturated rings. The van der Waals surface area contributed by atoms with Gasteiger partial charge in [0, 0.05) is 32.3 Å². The van der Waals surface area contributed by atoms with Gasteiger partial charge in [0.1, 0.15) is 5.58 Å². The van der Waals surface area contributed by atoms with Crippen LogP contribution in [-0.4, -0.2) is 19.1 Å². The van der Waals surface area contributed by atoms with Crippen LogP contribution in [0.3, 0.4) is 0 Å². The lowest BCUT2D eigenvalue weighted by Crippen LogP contribution is -2.07. The van der Waals surface area contributed by atoms with Crippen LogP contribution in [0.4, 0.5) is 0 Å². The Morgan fingerprint density at radius 3 is 1.77 bits per heavy atom. The Morgan fingerprint density at radius 2 is 1.00 bits per heavy atom. The first-order valence-electron chi connectivity index (χ1n) is 15.9. The smallest absolute Gasteiger partial charge is 0.240 e. The third-order valence-electron chi connectivity index (χ3n) is 9.74. The monoisotopic (exact) mass is 600 g/mol. The normalized spacial score (nSPS) is 12.3. The topological polar surface area (TPSA) is 48.8 Å². The molecule has 7 aromatic carbocycles. The van der Waals surface area contributed by atoms with Gasteiger partial charge in [-0.05, 0) is 40.4 Å². The summed E-state index contributed by atoms with van der Waals surface area (Å²) in [6.07, 6.45) is 0. The van der Waals surface area contributed by atoms with E-state index in [-0.39, 0.29) is 0 Å². The molecule has 218 valence electrons. The van der Waals surface area contributed by atoms with E-state index in [1.807, 2.05) is 18.2 Å². The first-order chi connectivity index (χ1) is 23.3. The highest BCUT2D eigenvalue weighted by molar-refractivity contribution is 6.26. The van der Waals surface area contributed by atoms with Gasteiger partial charge in [0.15, 0.2) is 5.82 Å². The molecule has 0 aliphatic carbocycles. The molecule has 0 saturated carbocycles. The Labute approximate surface area is 267 Å². The second-order valence-corrected chi connectivity index (χ2v) is 12.2. The van der Waals surface area contributed by atoms with E-state index in [9.17, 15) is 0 Å². The van der Waals surface area contributed by atoms with Crippen molar-refractivity contribution in [2.45, 2.75) is 0 Å². The quantitative estimate of drug-likeness (QED) is 0.198. The van der Waals surface area contributed by atoms with E-state index in [2.05, 4.69) is 137 Å². The molecule has 0 amide bonds. The third kappa shape index (κ3) is 3.27. The van der Waals surface area contributed by atoms with Gasteiger partial charge in [-0.1, -0.05) is 121 Å². The minimum atomic E-state index is 0.559. The first kappa shape index (κ1) is 24.8. The number of benzene rings is 7. The standard InChI is InChI=1S/C42H24N4O/c1-3-13-27-25(11-1)22-24-35-37(27)32-23-21-26-12-2-4-14-28(26)39(32)46(35)42-43-40(38-31-17-7-10-20-36(31)47-41(38)44-42)45-33-18-8-5-15-29(33)30-16-6-9-19-34(30)45/h1-24H. The van der Waals surface area contributed by atoms with E-state index in [1.54, 1.807) is 0 Å². The van der Waals surface area contributed by atoms with Crippen molar-refractivity contribution in [1.82, 2.24) is 19.1 Å². The molecule has 0 unspecified atom stereocenters. The molecule has 4 aromatic heterocycles. The summed E-state index contributed by atoms with van der Waals surface area (Å²) in [6.45, 7) is 0. The van der Waals surface area contributed by atoms with Gasteiger partial charge in [-0.3, -0.25) is 9.13 Å². The zero-order valence-electron chi connectivity index (χ0n) is 25.1. The Balaban J connectivity index is 1.37. The zero-order chi connectivity index (χ0) is 30.6. The predicted octanol–water partition coefficient (Wildman–Crippen LogP) is 10.9. The molecule has 0 aliphatic rings. The van der Waals surface area contributed by atoms with Crippen LogP contribution in [0.1, 0.15) is 0 Å². The fraction of sp³-hybridized carbons (Fsp3) is 0. The van der Waals surface area contributed by atoms with Gasteiger partial charge in [-0.25, -0.2) is 0 Å². The summed E-state index contributed by atoms with van der Waals surface area (Å²) >= 11 is 0. The summed E-state index contributed by atoms with van der Waals surface area (Å²) in [4.78, 5) is 10.8. The van der Waals surface area contributed by atoms with Crippen molar-refractivity contribution in [1.29, 1.82) is 0 Å². The maximum absolute atomic E-state index is 6.56. The molecule has 0 atom stereocenters. The number of furan rings is 1. The maximum atomic E-state index is 6.56. The van der Waals surface area contributed by atoms with Crippen molar-refractivity contribution < 1.29 is 4.42 Å². The van der Waals surface area contributed by atoms with Gasteiger partial charge in [-0.2, -0.15) is 9.97 Å². The van der Waals surface area contributed by atoms with Crippen LogP contribution in [0.5, 0.6) is 0 Å². The van der Waals surface area contributed by atoms with E-state index < -0.39 is 0 Å². The van der Waals surface area contributed by atoms with Gasteiger partial charge in [0.25, 0.3) is 0 Å². The molecule has 0 spiro atoms. The Kier molecular flexibility index (Phi) is 4.78. The number of rotatable bonds is 2. The predicted molar refractivity (Wildman–Crippen MR) is 193 cm³/mol. The highest BCUT2D eigenvalue weighted by Gasteiger charge is 2.24. The Morgan fingerprint density at radius 1 is 0.404 bits per heavy atom. The summed E-state index contributed by atoms with van der Waals surface area (Å²) in [7, 11) is 0. The second kappa shape index (κ2) is 9.05. The number of hydrogen-bond donors (Lipinski definition) is 0. The van der Waals surface area contributed by atoms with Gasteiger partial charge in [0.05, 0.1) is 27.5 Å². The lowest BCUT2D eigenvalue weighted by atomic mass is 10.0. The SMILES string of the molecule is c1ccc2c(c1)ccc1c2c2ccc3ccccc3c2n1-c1nc(-n2c3ccccc3c3ccccc32)c2c(n1)oc1ccccc12. The number of fused-ring (bicyclic) bond motifs is 13. The molecule has 0 aliphatic heterocycles. The lowest BCUT2D eigenvalue weighted by molar-refractivity contribution is 0.650. The van der Waals surface area contributed by atoms with Crippen molar-refractivity contribution in [2.24, 2.45) is 0 Å². The molecule has 4 heterocycles. The van der Waals surface area contributed by atoms with Crippen LogP contribution in [0, 0.1) is 0 Å². The third-order valence-corrected chi connectivity index (χ3v) is 9.74. The van der Waals surface area contributed by atoms with Crippen LogP contribution in [0.15, 0.2) is 150 Å². The molecular formula is C42H24N4O. The molecular weight excluding hydrogens is 576 g/mol. The average molecular weight is 601 g/mol. The number of nitrogens with zero attached hydrogens (tertiary/aromatic N) is 4. The average Bonchev–Trinajstić information content (AvgIpc) is 3.79. The summed E-state index contributed by atoms with van der Waals surface area (Å²) in [6, 6.07) is 51.3. The number of aromatic nitrogens is 4. The molecule has 0 saturated heterocycles. The molecule has 11 rings (SSSR count). The molecule has 11 aromatic rings. The van der Waals surface area contributed by atoms with Gasteiger partial charge in [0.2, 0.25) is 11.7 Å². The Hall–Kier alpha value is -6.46. The van der Waals surface area contributed by atoms with Crippen molar-refractivity contribution >= 4 is 87.2 Å².